The molecule has 0 amide bonds. The maximum Gasteiger partial charge on any atom is 0.272 e. The van der Waals surface area contributed by atoms with Gasteiger partial charge in [-0.1, -0.05) is 6.08 Å². The number of nitro groups is 1. The van der Waals surface area contributed by atoms with Gasteiger partial charge in [0.15, 0.2) is 0 Å². The summed E-state index contributed by atoms with van der Waals surface area (Å²) in [5.74, 6) is 0. The van der Waals surface area contributed by atoms with Crippen molar-refractivity contribution >= 4 is 0 Å². The lowest BCUT2D eigenvalue weighted by atomic mass is 10.1. The summed E-state index contributed by atoms with van der Waals surface area (Å²) in [6.45, 7) is 0. The predicted octanol–water partition coefficient (Wildman–Crippen LogP) is 1.11. The topological polar surface area (TPSA) is 49.6 Å². The van der Waals surface area contributed by atoms with E-state index in [0.29, 0.717) is 0 Å². The zero-order chi connectivity index (χ0) is 12.2. The third-order valence-corrected chi connectivity index (χ3v) is 3.43. The number of allylic oxidation sites excluding steroid dienone is 3. The van der Waals surface area contributed by atoms with Crippen LogP contribution in [-0.2, 0) is 0 Å². The van der Waals surface area contributed by atoms with Crippen LogP contribution in [0.4, 0.5) is 0 Å². The fourth-order valence-corrected chi connectivity index (χ4v) is 2.67. The Hall–Kier alpha value is -2.04. The van der Waals surface area contributed by atoms with E-state index in [0.717, 1.165) is 11.4 Å². The third-order valence-electron chi connectivity index (χ3n) is 3.43. The van der Waals surface area contributed by atoms with Crippen LogP contribution in [0.2, 0.25) is 0 Å². The summed E-state index contributed by atoms with van der Waals surface area (Å²) in [5.41, 5.74) is 2.42. The molecule has 0 aromatic rings. The fraction of sp³-hybridized carbons (Fsp3) is 0.333. The Morgan fingerprint density at radius 1 is 1.35 bits per heavy atom. The zero-order valence-electron chi connectivity index (χ0n) is 9.70. The van der Waals surface area contributed by atoms with Crippen molar-refractivity contribution < 1.29 is 4.92 Å². The molecule has 0 bridgehead atoms. The molecule has 0 saturated heterocycles. The van der Waals surface area contributed by atoms with Gasteiger partial charge in [-0.15, -0.1) is 0 Å². The van der Waals surface area contributed by atoms with Crippen LogP contribution in [0.3, 0.4) is 0 Å². The van der Waals surface area contributed by atoms with Crippen LogP contribution in [0.5, 0.6) is 0 Å². The van der Waals surface area contributed by atoms with Crippen molar-refractivity contribution in [3.8, 4) is 0 Å². The SMILES string of the molecule is CN(C)C1=C[C@H]2C([N+](=O)[O-])=CC=C3C=C[C@@H]1N32. The smallest absolute Gasteiger partial charge is 0.272 e. The average molecular weight is 231 g/mol. The van der Waals surface area contributed by atoms with Gasteiger partial charge in [0.2, 0.25) is 0 Å². The predicted molar refractivity (Wildman–Crippen MR) is 63.5 cm³/mol. The van der Waals surface area contributed by atoms with Crippen LogP contribution in [0.15, 0.2) is 47.5 Å². The monoisotopic (exact) mass is 231 g/mol. The molecule has 0 unspecified atom stereocenters. The van der Waals surface area contributed by atoms with E-state index in [1.807, 2.05) is 37.2 Å². The van der Waals surface area contributed by atoms with E-state index in [1.54, 1.807) is 6.08 Å². The van der Waals surface area contributed by atoms with Gasteiger partial charge in [-0.25, -0.2) is 0 Å². The lowest BCUT2D eigenvalue weighted by Crippen LogP contribution is -2.38. The van der Waals surface area contributed by atoms with E-state index in [2.05, 4.69) is 11.0 Å². The number of nitrogens with zero attached hydrogens (tertiary/aromatic N) is 3. The summed E-state index contributed by atoms with van der Waals surface area (Å²) in [6, 6.07) is -0.0905. The van der Waals surface area contributed by atoms with Crippen LogP contribution in [0, 0.1) is 10.1 Å². The van der Waals surface area contributed by atoms with E-state index in [9.17, 15) is 10.1 Å². The molecule has 3 heterocycles. The van der Waals surface area contributed by atoms with Crippen molar-refractivity contribution in [2.75, 3.05) is 14.1 Å². The molecular formula is C12H13N3O2. The highest BCUT2D eigenvalue weighted by molar-refractivity contribution is 5.47. The number of likely N-dealkylation sites (N-methyl/N-ethyl adjacent to an activating group) is 1. The average Bonchev–Trinajstić information content (AvgIpc) is 2.84. The van der Waals surface area contributed by atoms with Gasteiger partial charge in [0, 0.05) is 31.6 Å². The van der Waals surface area contributed by atoms with Crippen molar-refractivity contribution in [3.63, 3.8) is 0 Å². The first kappa shape index (κ1) is 10.1. The second kappa shape index (κ2) is 3.23. The summed E-state index contributed by atoms with van der Waals surface area (Å²) < 4.78 is 0. The van der Waals surface area contributed by atoms with Crippen LogP contribution in [-0.4, -0.2) is 40.9 Å². The number of hydrogen-bond acceptors (Lipinski definition) is 4. The summed E-state index contributed by atoms with van der Waals surface area (Å²) in [6.07, 6.45) is 9.53. The molecule has 0 N–H and O–H groups in total. The zero-order valence-corrected chi connectivity index (χ0v) is 9.70. The first-order valence-corrected chi connectivity index (χ1v) is 5.51. The Morgan fingerprint density at radius 2 is 2.12 bits per heavy atom. The third kappa shape index (κ3) is 1.25. The summed E-state index contributed by atoms with van der Waals surface area (Å²) in [7, 11) is 3.94. The molecule has 0 aliphatic carbocycles. The Kier molecular flexibility index (Phi) is 1.92. The van der Waals surface area contributed by atoms with Crippen LogP contribution < -0.4 is 0 Å². The molecular weight excluding hydrogens is 218 g/mol. The Bertz CT molecular complexity index is 514. The molecule has 0 spiro atoms. The molecule has 3 aliphatic heterocycles. The molecule has 2 atom stereocenters. The van der Waals surface area contributed by atoms with Crippen LogP contribution >= 0.6 is 0 Å². The van der Waals surface area contributed by atoms with Gasteiger partial charge in [-0.3, -0.25) is 10.1 Å². The lowest BCUT2D eigenvalue weighted by Gasteiger charge is -2.30. The minimum absolute atomic E-state index is 0.143. The standard InChI is InChI=1S/C12H13N3O2/c1-13(2)11-7-12-10(15(16)17)6-4-8-3-5-9(11)14(8)12/h3-7,9,12H,1-2H3/t9-,12-/m0/s1. The van der Waals surface area contributed by atoms with Crippen molar-refractivity contribution in [2.24, 2.45) is 0 Å². The highest BCUT2D eigenvalue weighted by atomic mass is 16.6. The largest absolute Gasteiger partial charge is 0.379 e. The fourth-order valence-electron chi connectivity index (χ4n) is 2.67. The minimum Gasteiger partial charge on any atom is -0.379 e. The van der Waals surface area contributed by atoms with E-state index < -0.39 is 0 Å². The first-order valence-electron chi connectivity index (χ1n) is 5.51. The maximum atomic E-state index is 11.0. The molecule has 0 saturated carbocycles. The number of rotatable bonds is 2. The van der Waals surface area contributed by atoms with Gasteiger partial charge in [-0.05, 0) is 18.2 Å². The van der Waals surface area contributed by atoms with Gasteiger partial charge >= 0.3 is 0 Å². The summed E-state index contributed by atoms with van der Waals surface area (Å²) in [4.78, 5) is 14.8. The quantitative estimate of drug-likeness (QED) is 0.527. The highest BCUT2D eigenvalue weighted by Gasteiger charge is 2.44. The van der Waals surface area contributed by atoms with Gasteiger partial charge < -0.3 is 9.80 Å². The summed E-state index contributed by atoms with van der Waals surface area (Å²) in [5, 5.41) is 11.0. The van der Waals surface area contributed by atoms with E-state index >= 15 is 0 Å². The molecule has 88 valence electrons. The van der Waals surface area contributed by atoms with Crippen molar-refractivity contribution in [1.82, 2.24) is 9.80 Å². The highest BCUT2D eigenvalue weighted by Crippen LogP contribution is 2.39. The van der Waals surface area contributed by atoms with Gasteiger partial charge in [-0.2, -0.15) is 0 Å². The van der Waals surface area contributed by atoms with E-state index in [-0.39, 0.29) is 22.7 Å². The molecule has 3 rings (SSSR count). The second-order valence-corrected chi connectivity index (χ2v) is 4.58. The molecule has 0 radical (unpaired) electrons. The van der Waals surface area contributed by atoms with Crippen LogP contribution in [0.1, 0.15) is 0 Å². The van der Waals surface area contributed by atoms with Crippen molar-refractivity contribution in [2.45, 2.75) is 12.1 Å². The molecule has 5 heteroatoms. The minimum atomic E-state index is -0.289. The van der Waals surface area contributed by atoms with E-state index in [4.69, 9.17) is 0 Å². The molecule has 17 heavy (non-hydrogen) atoms. The maximum absolute atomic E-state index is 11.0. The van der Waals surface area contributed by atoms with Gasteiger partial charge in [0.1, 0.15) is 6.04 Å². The normalized spacial score (nSPS) is 28.6. The Morgan fingerprint density at radius 3 is 2.76 bits per heavy atom. The molecule has 0 aromatic carbocycles. The van der Waals surface area contributed by atoms with Crippen molar-refractivity contribution in [1.29, 1.82) is 0 Å². The molecule has 5 nitrogen and oxygen atoms in total. The molecule has 3 aliphatic rings. The lowest BCUT2D eigenvalue weighted by molar-refractivity contribution is -0.431. The van der Waals surface area contributed by atoms with Gasteiger partial charge in [0.05, 0.1) is 11.0 Å². The molecule has 0 aromatic heterocycles. The van der Waals surface area contributed by atoms with E-state index in [1.165, 1.54) is 0 Å². The van der Waals surface area contributed by atoms with Crippen LogP contribution in [0.25, 0.3) is 0 Å². The number of hydrogen-bond donors (Lipinski definition) is 0. The summed E-state index contributed by atoms with van der Waals surface area (Å²) >= 11 is 0. The molecule has 0 fully saturated rings. The Labute approximate surface area is 99.2 Å². The van der Waals surface area contributed by atoms with Gasteiger partial charge in [0.25, 0.3) is 5.70 Å². The Balaban J connectivity index is 2.09. The second-order valence-electron chi connectivity index (χ2n) is 4.58. The van der Waals surface area contributed by atoms with Crippen molar-refractivity contribution in [3.05, 3.63) is 57.6 Å². The first-order chi connectivity index (χ1) is 8.09.